The molecule has 0 fully saturated rings. The zero-order valence-electron chi connectivity index (χ0n) is 10.9. The molecule has 0 aliphatic carbocycles. The van der Waals surface area contributed by atoms with Crippen molar-refractivity contribution < 1.29 is 9.66 Å². The van der Waals surface area contributed by atoms with Crippen LogP contribution < -0.4 is 10.6 Å². The lowest BCUT2D eigenvalue weighted by Crippen LogP contribution is -2.36. The summed E-state index contributed by atoms with van der Waals surface area (Å²) in [7, 11) is 3.14. The largest absolute Gasteiger partial charge is 0.382 e. The van der Waals surface area contributed by atoms with E-state index in [4.69, 9.17) is 4.74 Å². The van der Waals surface area contributed by atoms with Gasteiger partial charge in [0.15, 0.2) is 0 Å². The number of rotatable bonds is 6. The first-order chi connectivity index (χ1) is 8.41. The van der Waals surface area contributed by atoms with Crippen molar-refractivity contribution in [3.05, 3.63) is 16.4 Å². The Balaban J connectivity index is 3.12. The Morgan fingerprint density at radius 3 is 2.56 bits per heavy atom. The summed E-state index contributed by atoms with van der Waals surface area (Å²) in [6.07, 6.45) is 1.27. The van der Waals surface area contributed by atoms with Crippen LogP contribution in [-0.2, 0) is 4.74 Å². The van der Waals surface area contributed by atoms with Crippen LogP contribution in [0.15, 0.2) is 6.33 Å². The third-order valence-electron chi connectivity index (χ3n) is 2.20. The monoisotopic (exact) mass is 255 g/mol. The predicted octanol–water partition coefficient (Wildman–Crippen LogP) is 1.26. The van der Waals surface area contributed by atoms with Gasteiger partial charge in [0.2, 0.25) is 11.6 Å². The zero-order valence-corrected chi connectivity index (χ0v) is 10.9. The maximum atomic E-state index is 11.1. The number of aromatic nitrogens is 2. The van der Waals surface area contributed by atoms with Crippen molar-refractivity contribution in [1.29, 1.82) is 0 Å². The van der Waals surface area contributed by atoms with Crippen LogP contribution in [0.3, 0.4) is 0 Å². The minimum absolute atomic E-state index is 0.168. The maximum absolute atomic E-state index is 11.1. The van der Waals surface area contributed by atoms with Gasteiger partial charge in [-0.25, -0.2) is 9.97 Å². The molecule has 8 nitrogen and oxygen atoms in total. The molecule has 0 amide bonds. The van der Waals surface area contributed by atoms with Gasteiger partial charge >= 0.3 is 5.69 Å². The first-order valence-electron chi connectivity index (χ1n) is 5.35. The highest BCUT2D eigenvalue weighted by Gasteiger charge is 2.27. The van der Waals surface area contributed by atoms with Crippen molar-refractivity contribution in [2.24, 2.45) is 0 Å². The van der Waals surface area contributed by atoms with Crippen LogP contribution in [0.1, 0.15) is 13.8 Å². The fraction of sp³-hybridized carbons (Fsp3) is 0.600. The molecular formula is C10H17N5O3. The molecule has 1 heterocycles. The second-order valence-corrected chi connectivity index (χ2v) is 4.37. The average Bonchev–Trinajstić information content (AvgIpc) is 2.27. The summed E-state index contributed by atoms with van der Waals surface area (Å²) < 4.78 is 5.04. The third kappa shape index (κ3) is 3.27. The highest BCUT2D eigenvalue weighted by molar-refractivity contribution is 5.69. The molecule has 0 aliphatic heterocycles. The first-order valence-corrected chi connectivity index (χ1v) is 5.35. The first kappa shape index (κ1) is 14.1. The predicted molar refractivity (Wildman–Crippen MR) is 67.8 cm³/mol. The summed E-state index contributed by atoms with van der Waals surface area (Å²) in [6.45, 7) is 4.12. The summed E-state index contributed by atoms with van der Waals surface area (Å²) in [5.74, 6) is 0.340. The molecule has 0 atom stereocenters. The molecule has 8 heteroatoms. The number of hydrogen-bond donors (Lipinski definition) is 2. The van der Waals surface area contributed by atoms with E-state index in [-0.39, 0.29) is 17.3 Å². The minimum Gasteiger partial charge on any atom is -0.382 e. The second kappa shape index (κ2) is 5.58. The van der Waals surface area contributed by atoms with Gasteiger partial charge in [0.1, 0.15) is 6.33 Å². The average molecular weight is 255 g/mol. The van der Waals surface area contributed by atoms with Gasteiger partial charge in [0.25, 0.3) is 0 Å². The van der Waals surface area contributed by atoms with Crippen molar-refractivity contribution in [1.82, 2.24) is 9.97 Å². The van der Waals surface area contributed by atoms with Crippen LogP contribution in [0.25, 0.3) is 0 Å². The third-order valence-corrected chi connectivity index (χ3v) is 2.20. The summed E-state index contributed by atoms with van der Waals surface area (Å²) in [5, 5.41) is 16.7. The van der Waals surface area contributed by atoms with Gasteiger partial charge in [-0.05, 0) is 13.8 Å². The fourth-order valence-corrected chi connectivity index (χ4v) is 1.54. The smallest absolute Gasteiger partial charge is 0.353 e. The standard InChI is InChI=1S/C10H17N5O3/c1-10(2,5-18-4)14-9-7(15(16)17)8(11-3)12-6-13-9/h6H,5H2,1-4H3,(H2,11,12,13,14). The molecule has 1 aromatic heterocycles. The Labute approximate surface area is 105 Å². The topological polar surface area (TPSA) is 102 Å². The van der Waals surface area contributed by atoms with E-state index in [1.807, 2.05) is 13.8 Å². The van der Waals surface area contributed by atoms with E-state index in [0.717, 1.165) is 0 Å². The van der Waals surface area contributed by atoms with Gasteiger partial charge in [0.05, 0.1) is 17.1 Å². The van der Waals surface area contributed by atoms with Crippen LogP contribution in [0.2, 0.25) is 0 Å². The van der Waals surface area contributed by atoms with Crippen LogP contribution in [-0.4, -0.2) is 41.2 Å². The zero-order chi connectivity index (χ0) is 13.8. The van der Waals surface area contributed by atoms with Gasteiger partial charge in [-0.3, -0.25) is 10.1 Å². The number of ether oxygens (including phenoxy) is 1. The number of nitrogens with one attached hydrogen (secondary N) is 2. The number of methoxy groups -OCH3 is 1. The number of nitrogens with zero attached hydrogens (tertiary/aromatic N) is 3. The normalized spacial score (nSPS) is 11.1. The Kier molecular flexibility index (Phi) is 4.38. The maximum Gasteiger partial charge on any atom is 0.353 e. The highest BCUT2D eigenvalue weighted by atomic mass is 16.6. The Morgan fingerprint density at radius 1 is 1.44 bits per heavy atom. The molecule has 18 heavy (non-hydrogen) atoms. The van der Waals surface area contributed by atoms with E-state index in [1.54, 1.807) is 14.2 Å². The van der Waals surface area contributed by atoms with Crippen LogP contribution in [0.5, 0.6) is 0 Å². The Bertz CT molecular complexity index is 436. The van der Waals surface area contributed by atoms with Gasteiger partial charge in [-0.15, -0.1) is 0 Å². The molecule has 0 aromatic carbocycles. The molecule has 0 bridgehead atoms. The Morgan fingerprint density at radius 2 is 2.06 bits per heavy atom. The summed E-state index contributed by atoms with van der Waals surface area (Å²) >= 11 is 0. The van der Waals surface area contributed by atoms with Gasteiger partial charge in [0, 0.05) is 14.2 Å². The van der Waals surface area contributed by atoms with Gasteiger partial charge < -0.3 is 15.4 Å². The molecule has 0 saturated heterocycles. The van der Waals surface area contributed by atoms with Crippen molar-refractivity contribution >= 4 is 17.3 Å². The van der Waals surface area contributed by atoms with Crippen LogP contribution >= 0.6 is 0 Å². The van der Waals surface area contributed by atoms with Crippen LogP contribution in [0.4, 0.5) is 17.3 Å². The van der Waals surface area contributed by atoms with E-state index in [9.17, 15) is 10.1 Å². The number of hydrogen-bond acceptors (Lipinski definition) is 7. The molecule has 0 aliphatic rings. The SMILES string of the molecule is CNc1ncnc(NC(C)(C)COC)c1[N+](=O)[O-]. The molecular weight excluding hydrogens is 238 g/mol. The molecule has 100 valence electrons. The van der Waals surface area contributed by atoms with E-state index < -0.39 is 10.5 Å². The van der Waals surface area contributed by atoms with Gasteiger partial charge in [-0.1, -0.05) is 0 Å². The molecule has 0 radical (unpaired) electrons. The second-order valence-electron chi connectivity index (χ2n) is 4.37. The lowest BCUT2D eigenvalue weighted by atomic mass is 10.1. The van der Waals surface area contributed by atoms with E-state index in [2.05, 4.69) is 20.6 Å². The number of nitro groups is 1. The molecule has 0 saturated carbocycles. The van der Waals surface area contributed by atoms with Crippen molar-refractivity contribution in [2.45, 2.75) is 19.4 Å². The minimum atomic E-state index is -0.517. The summed E-state index contributed by atoms with van der Waals surface area (Å²) in [4.78, 5) is 18.3. The van der Waals surface area contributed by atoms with E-state index >= 15 is 0 Å². The molecule has 1 rings (SSSR count). The lowest BCUT2D eigenvalue weighted by Gasteiger charge is -2.25. The summed E-state index contributed by atoms with van der Waals surface area (Å²) in [5.41, 5.74) is -0.650. The molecule has 0 unspecified atom stereocenters. The van der Waals surface area contributed by atoms with E-state index in [1.165, 1.54) is 6.33 Å². The highest BCUT2D eigenvalue weighted by Crippen LogP contribution is 2.30. The number of anilines is 2. The lowest BCUT2D eigenvalue weighted by molar-refractivity contribution is -0.383. The Hall–Kier alpha value is -1.96. The van der Waals surface area contributed by atoms with Crippen molar-refractivity contribution in [3.8, 4) is 0 Å². The quantitative estimate of drug-likeness (QED) is 0.582. The molecule has 2 N–H and O–H groups in total. The van der Waals surface area contributed by atoms with Crippen molar-refractivity contribution in [2.75, 3.05) is 31.4 Å². The van der Waals surface area contributed by atoms with Gasteiger partial charge in [-0.2, -0.15) is 0 Å². The van der Waals surface area contributed by atoms with E-state index in [0.29, 0.717) is 6.61 Å². The molecule has 1 aromatic rings. The molecule has 0 spiro atoms. The van der Waals surface area contributed by atoms with Crippen molar-refractivity contribution in [3.63, 3.8) is 0 Å². The van der Waals surface area contributed by atoms with Crippen LogP contribution in [0, 0.1) is 10.1 Å². The fourth-order valence-electron chi connectivity index (χ4n) is 1.54. The summed E-state index contributed by atoms with van der Waals surface area (Å²) in [6, 6.07) is 0.